The Hall–Kier alpha value is -0.710. The monoisotopic (exact) mass is 242 g/mol. The van der Waals surface area contributed by atoms with Crippen LogP contribution in [0, 0.1) is 13.8 Å². The molecule has 0 fully saturated rings. The van der Waals surface area contributed by atoms with Crippen molar-refractivity contribution in [3.05, 3.63) is 21.4 Å². The van der Waals surface area contributed by atoms with Gasteiger partial charge in [0.1, 0.15) is 16.6 Å². The van der Waals surface area contributed by atoms with Crippen molar-refractivity contribution in [3.8, 4) is 0 Å². The number of aromatic nitrogens is 2. The summed E-state index contributed by atoms with van der Waals surface area (Å²) >= 11 is 7.76. The Labute approximate surface area is 97.1 Å². The zero-order valence-corrected chi connectivity index (χ0v) is 10.4. The van der Waals surface area contributed by atoms with Crippen LogP contribution < -0.4 is 0 Å². The zero-order valence-electron chi connectivity index (χ0n) is 8.80. The van der Waals surface area contributed by atoms with Gasteiger partial charge in [0, 0.05) is 12.0 Å². The van der Waals surface area contributed by atoms with Gasteiger partial charge in [-0.05, 0) is 19.4 Å². The number of thiophene rings is 1. The molecular formula is C10H11ClN2OS. The molecule has 2 rings (SSSR count). The van der Waals surface area contributed by atoms with Crippen LogP contribution in [0.1, 0.15) is 16.3 Å². The Morgan fingerprint density at radius 1 is 1.33 bits per heavy atom. The smallest absolute Gasteiger partial charge is 0.157 e. The molecule has 0 aromatic carbocycles. The third-order valence-electron chi connectivity index (χ3n) is 2.30. The summed E-state index contributed by atoms with van der Waals surface area (Å²) in [5.41, 5.74) is 1.17. The number of methoxy groups -OCH3 is 1. The van der Waals surface area contributed by atoms with Crippen molar-refractivity contribution in [3.63, 3.8) is 0 Å². The van der Waals surface area contributed by atoms with Crippen molar-refractivity contribution in [2.75, 3.05) is 7.11 Å². The van der Waals surface area contributed by atoms with Crippen LogP contribution in [0.3, 0.4) is 0 Å². The third-order valence-corrected chi connectivity index (χ3v) is 3.68. The molecule has 0 aliphatic heterocycles. The number of fused-ring (bicyclic) bond motifs is 1. The number of halogens is 1. The molecule has 2 aromatic heterocycles. The van der Waals surface area contributed by atoms with Gasteiger partial charge in [0.25, 0.3) is 0 Å². The quantitative estimate of drug-likeness (QED) is 0.759. The average Bonchev–Trinajstić information content (AvgIpc) is 2.43. The summed E-state index contributed by atoms with van der Waals surface area (Å²) in [5.74, 6) is 0.635. The summed E-state index contributed by atoms with van der Waals surface area (Å²) in [6, 6.07) is 0. The third kappa shape index (κ3) is 1.85. The van der Waals surface area contributed by atoms with E-state index in [0.29, 0.717) is 17.6 Å². The first-order chi connectivity index (χ1) is 7.13. The van der Waals surface area contributed by atoms with E-state index >= 15 is 0 Å². The lowest BCUT2D eigenvalue weighted by molar-refractivity contribution is 0.178. The molecule has 0 saturated carbocycles. The normalized spacial score (nSPS) is 11.2. The molecule has 0 bridgehead atoms. The van der Waals surface area contributed by atoms with E-state index in [-0.39, 0.29) is 0 Å². The molecule has 0 saturated heterocycles. The van der Waals surface area contributed by atoms with E-state index in [1.165, 1.54) is 10.4 Å². The summed E-state index contributed by atoms with van der Waals surface area (Å²) < 4.78 is 4.99. The molecule has 80 valence electrons. The van der Waals surface area contributed by atoms with Crippen LogP contribution in [-0.2, 0) is 11.3 Å². The van der Waals surface area contributed by atoms with E-state index in [1.54, 1.807) is 18.4 Å². The second-order valence-corrected chi connectivity index (χ2v) is 4.89. The number of rotatable bonds is 2. The molecule has 0 spiro atoms. The summed E-state index contributed by atoms with van der Waals surface area (Å²) in [7, 11) is 1.62. The number of aryl methyl sites for hydroxylation is 2. The average molecular weight is 243 g/mol. The van der Waals surface area contributed by atoms with Crippen LogP contribution in [-0.4, -0.2) is 17.1 Å². The molecule has 3 nitrogen and oxygen atoms in total. The molecule has 0 aliphatic carbocycles. The summed E-state index contributed by atoms with van der Waals surface area (Å²) in [6.07, 6.45) is 0. The van der Waals surface area contributed by atoms with E-state index in [9.17, 15) is 0 Å². The molecule has 0 aliphatic rings. The van der Waals surface area contributed by atoms with Crippen molar-refractivity contribution < 1.29 is 4.74 Å². The molecule has 5 heteroatoms. The maximum Gasteiger partial charge on any atom is 0.157 e. The summed E-state index contributed by atoms with van der Waals surface area (Å²) in [6.45, 7) is 4.50. The van der Waals surface area contributed by atoms with Crippen LogP contribution >= 0.6 is 22.9 Å². The molecule has 0 amide bonds. The predicted molar refractivity (Wildman–Crippen MR) is 62.6 cm³/mol. The van der Waals surface area contributed by atoms with Gasteiger partial charge in [0.05, 0.1) is 5.39 Å². The van der Waals surface area contributed by atoms with Gasteiger partial charge in [-0.25, -0.2) is 9.97 Å². The van der Waals surface area contributed by atoms with Crippen molar-refractivity contribution in [2.45, 2.75) is 20.5 Å². The summed E-state index contributed by atoms with van der Waals surface area (Å²) in [4.78, 5) is 10.8. The van der Waals surface area contributed by atoms with Gasteiger partial charge in [0.2, 0.25) is 0 Å². The fourth-order valence-electron chi connectivity index (χ4n) is 1.44. The second kappa shape index (κ2) is 4.04. The number of hydrogen-bond donors (Lipinski definition) is 0. The molecule has 0 unspecified atom stereocenters. The van der Waals surface area contributed by atoms with E-state index in [4.69, 9.17) is 16.3 Å². The van der Waals surface area contributed by atoms with Crippen LogP contribution in [0.4, 0.5) is 0 Å². The fraction of sp³-hybridized carbons (Fsp3) is 0.400. The predicted octanol–water partition coefficient (Wildman–Crippen LogP) is 3.11. The van der Waals surface area contributed by atoms with Crippen LogP contribution in [0.2, 0.25) is 5.15 Å². The Morgan fingerprint density at radius 2 is 2.07 bits per heavy atom. The van der Waals surface area contributed by atoms with Crippen molar-refractivity contribution in [2.24, 2.45) is 0 Å². The Bertz CT molecular complexity index is 510. The highest BCUT2D eigenvalue weighted by Crippen LogP contribution is 2.32. The van der Waals surface area contributed by atoms with E-state index in [0.717, 1.165) is 10.2 Å². The van der Waals surface area contributed by atoms with E-state index in [2.05, 4.69) is 16.9 Å². The van der Waals surface area contributed by atoms with Crippen LogP contribution in [0.25, 0.3) is 10.2 Å². The minimum atomic E-state index is 0.394. The van der Waals surface area contributed by atoms with Gasteiger partial charge in [-0.2, -0.15) is 0 Å². The fourth-order valence-corrected chi connectivity index (χ4v) is 2.87. The van der Waals surface area contributed by atoms with E-state index < -0.39 is 0 Å². The van der Waals surface area contributed by atoms with Crippen LogP contribution in [0.5, 0.6) is 0 Å². The van der Waals surface area contributed by atoms with E-state index in [1.807, 2.05) is 6.92 Å². The number of ether oxygens (including phenoxy) is 1. The summed E-state index contributed by atoms with van der Waals surface area (Å²) in [5, 5.41) is 1.49. The Balaban J connectivity index is 2.67. The van der Waals surface area contributed by atoms with Gasteiger partial charge in [-0.15, -0.1) is 11.3 Å². The standard InChI is InChI=1S/C10H11ClN2OS/c1-5-6(2)15-10-8(5)9(11)12-7(13-10)4-14-3/h4H2,1-3H3. The molecule has 0 radical (unpaired) electrons. The first-order valence-corrected chi connectivity index (χ1v) is 5.74. The first-order valence-electron chi connectivity index (χ1n) is 4.54. The van der Waals surface area contributed by atoms with Crippen molar-refractivity contribution in [1.29, 1.82) is 0 Å². The second-order valence-electron chi connectivity index (χ2n) is 3.33. The highest BCUT2D eigenvalue weighted by atomic mass is 35.5. The Kier molecular flexibility index (Phi) is 2.91. The lowest BCUT2D eigenvalue weighted by Crippen LogP contribution is -1.96. The largest absolute Gasteiger partial charge is 0.377 e. The van der Waals surface area contributed by atoms with Gasteiger partial charge in [-0.3, -0.25) is 0 Å². The maximum atomic E-state index is 6.12. The molecule has 2 heterocycles. The zero-order chi connectivity index (χ0) is 11.0. The topological polar surface area (TPSA) is 35.0 Å². The highest BCUT2D eigenvalue weighted by Gasteiger charge is 2.12. The highest BCUT2D eigenvalue weighted by molar-refractivity contribution is 7.18. The lowest BCUT2D eigenvalue weighted by atomic mass is 10.2. The lowest BCUT2D eigenvalue weighted by Gasteiger charge is -2.00. The number of hydrogen-bond acceptors (Lipinski definition) is 4. The minimum absolute atomic E-state index is 0.394. The van der Waals surface area contributed by atoms with Gasteiger partial charge in [0.15, 0.2) is 5.82 Å². The molecule has 15 heavy (non-hydrogen) atoms. The van der Waals surface area contributed by atoms with Gasteiger partial charge >= 0.3 is 0 Å². The molecule has 0 atom stereocenters. The minimum Gasteiger partial charge on any atom is -0.377 e. The molecule has 0 N–H and O–H groups in total. The van der Waals surface area contributed by atoms with Crippen LogP contribution in [0.15, 0.2) is 0 Å². The molecular weight excluding hydrogens is 232 g/mol. The maximum absolute atomic E-state index is 6.12. The Morgan fingerprint density at radius 3 is 2.73 bits per heavy atom. The first kappa shape index (κ1) is 10.8. The number of nitrogens with zero attached hydrogens (tertiary/aromatic N) is 2. The molecule has 2 aromatic rings. The van der Waals surface area contributed by atoms with Crippen molar-refractivity contribution in [1.82, 2.24) is 9.97 Å². The van der Waals surface area contributed by atoms with Gasteiger partial charge < -0.3 is 4.74 Å². The SMILES string of the molecule is COCc1nc(Cl)c2c(C)c(C)sc2n1. The van der Waals surface area contributed by atoms with Gasteiger partial charge in [-0.1, -0.05) is 11.6 Å². The van der Waals surface area contributed by atoms with Crippen molar-refractivity contribution >= 4 is 33.2 Å².